The first-order chi connectivity index (χ1) is 9.22. The summed E-state index contributed by atoms with van der Waals surface area (Å²) in [4.78, 5) is 11.7. The first-order valence-corrected chi connectivity index (χ1v) is 7.94. The molecule has 4 nitrogen and oxygen atoms in total. The standard InChI is InChI=1S/C14H27N3OS/c1-2-10-15-14(19)16-11-6-9-13(18)17-12-7-4-3-5-8-12/h12H,2-11H2,1H3,(H,17,18)(H2,15,16,19). The van der Waals surface area contributed by atoms with E-state index in [9.17, 15) is 4.79 Å². The molecule has 1 rings (SSSR count). The highest BCUT2D eigenvalue weighted by atomic mass is 32.1. The van der Waals surface area contributed by atoms with E-state index in [-0.39, 0.29) is 5.91 Å². The third-order valence-electron chi connectivity index (χ3n) is 3.37. The fourth-order valence-corrected chi connectivity index (χ4v) is 2.50. The maximum atomic E-state index is 11.7. The minimum Gasteiger partial charge on any atom is -0.363 e. The third-order valence-corrected chi connectivity index (χ3v) is 3.66. The molecule has 1 saturated carbocycles. The van der Waals surface area contributed by atoms with Gasteiger partial charge >= 0.3 is 0 Å². The molecular weight excluding hydrogens is 258 g/mol. The molecule has 0 aromatic heterocycles. The van der Waals surface area contributed by atoms with E-state index in [2.05, 4.69) is 22.9 Å². The largest absolute Gasteiger partial charge is 0.363 e. The molecule has 0 saturated heterocycles. The van der Waals surface area contributed by atoms with Gasteiger partial charge in [-0.15, -0.1) is 0 Å². The minimum absolute atomic E-state index is 0.182. The van der Waals surface area contributed by atoms with Crippen LogP contribution >= 0.6 is 12.2 Å². The first kappa shape index (κ1) is 16.2. The third kappa shape index (κ3) is 8.03. The average Bonchev–Trinajstić information content (AvgIpc) is 2.42. The summed E-state index contributed by atoms with van der Waals surface area (Å²) in [5, 5.41) is 10.0. The Hall–Kier alpha value is -0.840. The van der Waals surface area contributed by atoms with Crippen LogP contribution in [0.15, 0.2) is 0 Å². The van der Waals surface area contributed by atoms with E-state index in [0.29, 0.717) is 17.6 Å². The predicted molar refractivity (Wildman–Crippen MR) is 83.1 cm³/mol. The van der Waals surface area contributed by atoms with Gasteiger partial charge in [-0.05, 0) is 37.9 Å². The molecule has 0 aliphatic heterocycles. The van der Waals surface area contributed by atoms with Crippen molar-refractivity contribution in [3.05, 3.63) is 0 Å². The SMILES string of the molecule is CCCNC(=S)NCCCC(=O)NC1CCCCC1. The molecule has 1 fully saturated rings. The van der Waals surface area contributed by atoms with Crippen molar-refractivity contribution < 1.29 is 4.79 Å². The van der Waals surface area contributed by atoms with Crippen molar-refractivity contribution in [3.8, 4) is 0 Å². The maximum Gasteiger partial charge on any atom is 0.220 e. The maximum absolute atomic E-state index is 11.7. The Morgan fingerprint density at radius 2 is 1.84 bits per heavy atom. The van der Waals surface area contributed by atoms with Gasteiger partial charge in [0.25, 0.3) is 0 Å². The Bertz CT molecular complexity index is 278. The molecule has 19 heavy (non-hydrogen) atoms. The number of hydrogen-bond acceptors (Lipinski definition) is 2. The molecule has 0 spiro atoms. The normalized spacial score (nSPS) is 15.8. The molecule has 0 unspecified atom stereocenters. The molecule has 0 atom stereocenters. The summed E-state index contributed by atoms with van der Waals surface area (Å²) in [6, 6.07) is 0.418. The van der Waals surface area contributed by atoms with Crippen molar-refractivity contribution in [2.75, 3.05) is 13.1 Å². The monoisotopic (exact) mass is 285 g/mol. The quantitative estimate of drug-likeness (QED) is 0.495. The Kier molecular flexibility index (Phi) is 8.54. The van der Waals surface area contributed by atoms with E-state index < -0.39 is 0 Å². The van der Waals surface area contributed by atoms with Crippen LogP contribution < -0.4 is 16.0 Å². The number of amides is 1. The summed E-state index contributed by atoms with van der Waals surface area (Å²) in [5.74, 6) is 0.182. The van der Waals surface area contributed by atoms with Crippen molar-refractivity contribution in [3.63, 3.8) is 0 Å². The molecule has 0 aromatic carbocycles. The lowest BCUT2D eigenvalue weighted by Crippen LogP contribution is -2.38. The molecule has 1 amide bonds. The van der Waals surface area contributed by atoms with E-state index in [1.165, 1.54) is 19.3 Å². The van der Waals surface area contributed by atoms with Gasteiger partial charge in [-0.1, -0.05) is 26.2 Å². The lowest BCUT2D eigenvalue weighted by atomic mass is 9.95. The van der Waals surface area contributed by atoms with Crippen LogP contribution in [0.4, 0.5) is 0 Å². The zero-order valence-electron chi connectivity index (χ0n) is 12.0. The molecule has 110 valence electrons. The summed E-state index contributed by atoms with van der Waals surface area (Å²) in [6.45, 7) is 3.76. The molecule has 1 aliphatic carbocycles. The fraction of sp³-hybridized carbons (Fsp3) is 0.857. The van der Waals surface area contributed by atoms with Crippen molar-refractivity contribution in [2.24, 2.45) is 0 Å². The second kappa shape index (κ2) is 10.0. The zero-order valence-corrected chi connectivity index (χ0v) is 12.8. The van der Waals surface area contributed by atoms with Crippen molar-refractivity contribution in [1.82, 2.24) is 16.0 Å². The Balaban J connectivity index is 1.99. The number of carbonyl (C=O) groups excluding carboxylic acids is 1. The second-order valence-electron chi connectivity index (χ2n) is 5.19. The van der Waals surface area contributed by atoms with Gasteiger partial charge in [-0.3, -0.25) is 4.79 Å². The topological polar surface area (TPSA) is 53.2 Å². The van der Waals surface area contributed by atoms with Gasteiger partial charge in [0.2, 0.25) is 5.91 Å². The highest BCUT2D eigenvalue weighted by Gasteiger charge is 2.15. The van der Waals surface area contributed by atoms with Crippen LogP contribution in [0.1, 0.15) is 58.3 Å². The van der Waals surface area contributed by atoms with Gasteiger partial charge in [0, 0.05) is 25.6 Å². The van der Waals surface area contributed by atoms with Gasteiger partial charge in [-0.2, -0.15) is 0 Å². The van der Waals surface area contributed by atoms with E-state index in [4.69, 9.17) is 12.2 Å². The van der Waals surface area contributed by atoms with Crippen molar-refractivity contribution >= 4 is 23.2 Å². The number of thiocarbonyl (C=S) groups is 1. The molecule has 0 radical (unpaired) electrons. The second-order valence-corrected chi connectivity index (χ2v) is 5.60. The summed E-state index contributed by atoms with van der Waals surface area (Å²) in [5.41, 5.74) is 0. The van der Waals surface area contributed by atoms with Gasteiger partial charge < -0.3 is 16.0 Å². The Morgan fingerprint density at radius 3 is 2.53 bits per heavy atom. The number of hydrogen-bond donors (Lipinski definition) is 3. The van der Waals surface area contributed by atoms with Gasteiger partial charge in [0.1, 0.15) is 0 Å². The predicted octanol–water partition coefficient (Wildman–Crippen LogP) is 2.09. The van der Waals surface area contributed by atoms with E-state index >= 15 is 0 Å². The Morgan fingerprint density at radius 1 is 1.16 bits per heavy atom. The summed E-state index contributed by atoms with van der Waals surface area (Å²) in [6.07, 6.45) is 8.59. The van der Waals surface area contributed by atoms with E-state index in [1.807, 2.05) is 0 Å². The van der Waals surface area contributed by atoms with Gasteiger partial charge in [0.05, 0.1) is 0 Å². The van der Waals surface area contributed by atoms with Crippen LogP contribution in [-0.4, -0.2) is 30.2 Å². The van der Waals surface area contributed by atoms with Crippen LogP contribution in [-0.2, 0) is 4.79 Å². The number of nitrogens with one attached hydrogen (secondary N) is 3. The Labute approximate surface area is 122 Å². The zero-order chi connectivity index (χ0) is 13.9. The number of rotatable bonds is 7. The molecule has 0 aromatic rings. The molecule has 1 aliphatic rings. The molecule has 0 bridgehead atoms. The van der Waals surface area contributed by atoms with Gasteiger partial charge in [-0.25, -0.2) is 0 Å². The van der Waals surface area contributed by atoms with E-state index in [0.717, 1.165) is 38.8 Å². The van der Waals surface area contributed by atoms with Crippen LogP contribution in [0.2, 0.25) is 0 Å². The van der Waals surface area contributed by atoms with Crippen LogP contribution in [0, 0.1) is 0 Å². The average molecular weight is 285 g/mol. The fourth-order valence-electron chi connectivity index (χ4n) is 2.30. The molecule has 5 heteroatoms. The lowest BCUT2D eigenvalue weighted by Gasteiger charge is -2.22. The van der Waals surface area contributed by atoms with Crippen molar-refractivity contribution in [2.45, 2.75) is 64.3 Å². The van der Waals surface area contributed by atoms with Crippen molar-refractivity contribution in [1.29, 1.82) is 0 Å². The van der Waals surface area contributed by atoms with Crippen LogP contribution in [0.25, 0.3) is 0 Å². The smallest absolute Gasteiger partial charge is 0.220 e. The summed E-state index contributed by atoms with van der Waals surface area (Å²) in [7, 11) is 0. The molecular formula is C14H27N3OS. The molecule has 3 N–H and O–H groups in total. The summed E-state index contributed by atoms with van der Waals surface area (Å²) >= 11 is 5.11. The number of carbonyl (C=O) groups is 1. The summed E-state index contributed by atoms with van der Waals surface area (Å²) < 4.78 is 0. The van der Waals surface area contributed by atoms with Crippen LogP contribution in [0.5, 0.6) is 0 Å². The minimum atomic E-state index is 0.182. The lowest BCUT2D eigenvalue weighted by molar-refractivity contribution is -0.122. The van der Waals surface area contributed by atoms with E-state index in [1.54, 1.807) is 0 Å². The first-order valence-electron chi connectivity index (χ1n) is 7.53. The van der Waals surface area contributed by atoms with Gasteiger partial charge in [0.15, 0.2) is 5.11 Å². The highest BCUT2D eigenvalue weighted by Crippen LogP contribution is 2.17. The highest BCUT2D eigenvalue weighted by molar-refractivity contribution is 7.80. The molecule has 0 heterocycles. The van der Waals surface area contributed by atoms with Crippen LogP contribution in [0.3, 0.4) is 0 Å².